The normalized spacial score (nSPS) is 16.3. The van der Waals surface area contributed by atoms with Gasteiger partial charge in [-0.15, -0.1) is 11.3 Å². The lowest BCUT2D eigenvalue weighted by atomic mass is 9.95. The van der Waals surface area contributed by atoms with Crippen LogP contribution in [0.2, 0.25) is 0 Å². The van der Waals surface area contributed by atoms with Gasteiger partial charge >= 0.3 is 11.9 Å². The van der Waals surface area contributed by atoms with Crippen LogP contribution in [0.3, 0.4) is 0 Å². The van der Waals surface area contributed by atoms with Gasteiger partial charge in [-0.2, -0.15) is 0 Å². The highest BCUT2D eigenvalue weighted by molar-refractivity contribution is 7.17. The van der Waals surface area contributed by atoms with Gasteiger partial charge in [0.05, 0.1) is 23.3 Å². The van der Waals surface area contributed by atoms with Gasteiger partial charge in [0.15, 0.2) is 6.10 Å². The number of pyridine rings is 1. The molecule has 0 spiro atoms. The van der Waals surface area contributed by atoms with Crippen LogP contribution in [0, 0.1) is 0 Å². The molecule has 41 heavy (non-hydrogen) atoms. The number of ether oxygens (including phenoxy) is 2. The highest BCUT2D eigenvalue weighted by atomic mass is 32.1. The first kappa shape index (κ1) is 29.2. The van der Waals surface area contributed by atoms with Crippen LogP contribution in [0.5, 0.6) is 0 Å². The van der Waals surface area contributed by atoms with Gasteiger partial charge in [0, 0.05) is 47.1 Å². The number of carbonyl (C=O) groups is 3. The quantitative estimate of drug-likeness (QED) is 0.340. The maximum Gasteiger partial charge on any atom is 0.341 e. The molecule has 1 amide bonds. The number of nitrogens with one attached hydrogen (secondary N) is 1. The van der Waals surface area contributed by atoms with Crippen molar-refractivity contribution in [3.05, 3.63) is 57.1 Å². The van der Waals surface area contributed by atoms with E-state index in [1.165, 1.54) is 11.3 Å². The molecule has 3 heterocycles. The van der Waals surface area contributed by atoms with Gasteiger partial charge in [0.25, 0.3) is 5.91 Å². The van der Waals surface area contributed by atoms with Crippen molar-refractivity contribution in [2.75, 3.05) is 18.5 Å². The number of aryl methyl sites for hydroxylation is 1. The molecule has 2 aromatic heterocycles. The van der Waals surface area contributed by atoms with Gasteiger partial charge in [-0.1, -0.05) is 31.0 Å². The number of aromatic nitrogens is 1. The van der Waals surface area contributed by atoms with E-state index in [9.17, 15) is 14.4 Å². The van der Waals surface area contributed by atoms with Crippen LogP contribution >= 0.6 is 11.3 Å². The number of para-hydroxylation sites is 1. The maximum absolute atomic E-state index is 13.8. The van der Waals surface area contributed by atoms with E-state index in [0.717, 1.165) is 84.1 Å². The third kappa shape index (κ3) is 6.16. The van der Waals surface area contributed by atoms with Crippen LogP contribution in [0.15, 0.2) is 24.3 Å². The molecule has 0 bridgehead atoms. The molecule has 0 radical (unpaired) electrons. The number of thiophene rings is 1. The van der Waals surface area contributed by atoms with E-state index in [1.807, 2.05) is 24.3 Å². The monoisotopic (exact) mass is 577 g/mol. The first-order valence-corrected chi connectivity index (χ1v) is 15.6. The van der Waals surface area contributed by atoms with Gasteiger partial charge < -0.3 is 14.8 Å². The molecule has 9 heteroatoms. The first-order valence-electron chi connectivity index (χ1n) is 14.8. The van der Waals surface area contributed by atoms with Crippen LogP contribution in [0.1, 0.15) is 95.8 Å². The van der Waals surface area contributed by atoms with Crippen molar-refractivity contribution in [1.29, 1.82) is 0 Å². The number of hydrogen-bond acceptors (Lipinski definition) is 8. The van der Waals surface area contributed by atoms with E-state index in [1.54, 1.807) is 13.8 Å². The first-order chi connectivity index (χ1) is 19.8. The molecule has 1 aliphatic carbocycles. The Morgan fingerprint density at radius 3 is 2.49 bits per heavy atom. The number of fused-ring (bicyclic) bond motifs is 3. The Labute approximate surface area is 245 Å². The zero-order valence-corrected chi connectivity index (χ0v) is 25.2. The molecular formula is C32H39N3O5S. The number of rotatable bonds is 7. The van der Waals surface area contributed by atoms with Crippen LogP contribution in [-0.2, 0) is 40.1 Å². The summed E-state index contributed by atoms with van der Waals surface area (Å²) >= 11 is 1.44. The van der Waals surface area contributed by atoms with Gasteiger partial charge in [0.1, 0.15) is 5.00 Å². The molecule has 218 valence electrons. The molecule has 2 aliphatic rings. The predicted molar refractivity (Wildman–Crippen MR) is 161 cm³/mol. The van der Waals surface area contributed by atoms with E-state index in [-0.39, 0.29) is 6.61 Å². The van der Waals surface area contributed by atoms with Crippen LogP contribution in [0.25, 0.3) is 10.9 Å². The van der Waals surface area contributed by atoms with Crippen molar-refractivity contribution < 1.29 is 23.9 Å². The molecule has 0 fully saturated rings. The van der Waals surface area contributed by atoms with E-state index < -0.39 is 23.9 Å². The van der Waals surface area contributed by atoms with Crippen molar-refractivity contribution >= 4 is 45.1 Å². The number of anilines is 1. The lowest BCUT2D eigenvalue weighted by molar-refractivity contribution is -0.123. The summed E-state index contributed by atoms with van der Waals surface area (Å²) in [5.41, 5.74) is 4.41. The number of benzene rings is 1. The van der Waals surface area contributed by atoms with E-state index in [0.29, 0.717) is 28.7 Å². The summed E-state index contributed by atoms with van der Waals surface area (Å²) in [7, 11) is 0. The zero-order chi connectivity index (χ0) is 29.1. The van der Waals surface area contributed by atoms with E-state index in [4.69, 9.17) is 14.5 Å². The minimum atomic E-state index is -1.07. The molecule has 1 aliphatic heterocycles. The molecule has 1 aromatic carbocycles. The Bertz CT molecular complexity index is 1460. The number of esters is 2. The van der Waals surface area contributed by atoms with Crippen LogP contribution in [0.4, 0.5) is 5.00 Å². The van der Waals surface area contributed by atoms with Crippen molar-refractivity contribution in [2.45, 2.75) is 91.3 Å². The zero-order valence-electron chi connectivity index (χ0n) is 24.4. The van der Waals surface area contributed by atoms with Gasteiger partial charge in [-0.05, 0) is 65.0 Å². The van der Waals surface area contributed by atoms with Crippen molar-refractivity contribution in [3.63, 3.8) is 0 Å². The van der Waals surface area contributed by atoms with E-state index >= 15 is 0 Å². The predicted octanol–water partition coefficient (Wildman–Crippen LogP) is 6.08. The average Bonchev–Trinajstić information content (AvgIpc) is 3.26. The highest BCUT2D eigenvalue weighted by Crippen LogP contribution is 2.38. The van der Waals surface area contributed by atoms with Crippen molar-refractivity contribution in [3.8, 4) is 0 Å². The summed E-state index contributed by atoms with van der Waals surface area (Å²) in [5.74, 6) is -1.44. The number of amides is 1. The Morgan fingerprint density at radius 1 is 0.976 bits per heavy atom. The number of nitrogens with zero attached hydrogens (tertiary/aromatic N) is 2. The average molecular weight is 578 g/mol. The Balaban J connectivity index is 1.41. The van der Waals surface area contributed by atoms with Gasteiger partial charge in [-0.3, -0.25) is 14.7 Å². The number of hydrogen-bond donors (Lipinski definition) is 1. The summed E-state index contributed by atoms with van der Waals surface area (Å²) in [5, 5.41) is 4.10. The topological polar surface area (TPSA) is 97.8 Å². The second-order valence-corrected chi connectivity index (χ2v) is 12.2. The summed E-state index contributed by atoms with van der Waals surface area (Å²) in [6, 6.07) is 7.89. The molecule has 1 unspecified atom stereocenters. The fraction of sp³-hybridized carbons (Fsp3) is 0.500. The minimum absolute atomic E-state index is 0.253. The fourth-order valence-electron chi connectivity index (χ4n) is 5.80. The standard InChI is InChI=1S/C32H39N3O5S/c1-5-39-31(37)28-22-13-8-6-7-9-15-26(22)41-30(28)34-29(36)20(4)40-32(38)27-21-12-10-11-14-24(21)33-25-16-17-35(19(2)3)18-23(25)27/h10-12,14,19-20H,5-9,13,15-18H2,1-4H3,(H,34,36). The van der Waals surface area contributed by atoms with Crippen LogP contribution in [-0.4, -0.2) is 53.0 Å². The van der Waals surface area contributed by atoms with Gasteiger partial charge in [-0.25, -0.2) is 9.59 Å². The second-order valence-electron chi connectivity index (χ2n) is 11.1. The second kappa shape index (κ2) is 12.7. The molecule has 1 N–H and O–H groups in total. The van der Waals surface area contributed by atoms with Gasteiger partial charge in [0.2, 0.25) is 0 Å². The summed E-state index contributed by atoms with van der Waals surface area (Å²) in [6.07, 6.45) is 5.65. The lowest BCUT2D eigenvalue weighted by Crippen LogP contribution is -2.37. The smallest absolute Gasteiger partial charge is 0.341 e. The van der Waals surface area contributed by atoms with E-state index in [2.05, 4.69) is 24.1 Å². The third-order valence-corrected chi connectivity index (χ3v) is 9.26. The van der Waals surface area contributed by atoms with Crippen molar-refractivity contribution in [1.82, 2.24) is 9.88 Å². The molecule has 0 saturated heterocycles. The fourth-order valence-corrected chi connectivity index (χ4v) is 7.08. The SMILES string of the molecule is CCOC(=O)c1c(NC(=O)C(C)OC(=O)c2c3c(nc4ccccc24)CCN(C(C)C)C3)sc2c1CCCCCC2. The Kier molecular flexibility index (Phi) is 9.04. The largest absolute Gasteiger partial charge is 0.462 e. The maximum atomic E-state index is 13.8. The highest BCUT2D eigenvalue weighted by Gasteiger charge is 2.31. The Morgan fingerprint density at radius 2 is 1.73 bits per heavy atom. The lowest BCUT2D eigenvalue weighted by Gasteiger charge is -2.32. The summed E-state index contributed by atoms with van der Waals surface area (Å²) in [4.78, 5) is 48.4. The third-order valence-electron chi connectivity index (χ3n) is 8.05. The number of carbonyl (C=O) groups excluding carboxylic acids is 3. The summed E-state index contributed by atoms with van der Waals surface area (Å²) < 4.78 is 11.2. The molecule has 0 saturated carbocycles. The summed E-state index contributed by atoms with van der Waals surface area (Å²) in [6.45, 7) is 9.34. The molecule has 5 rings (SSSR count). The van der Waals surface area contributed by atoms with Crippen LogP contribution < -0.4 is 5.32 Å². The molecule has 1 atom stereocenters. The molecule has 8 nitrogen and oxygen atoms in total. The van der Waals surface area contributed by atoms with Crippen molar-refractivity contribution in [2.24, 2.45) is 0 Å². The minimum Gasteiger partial charge on any atom is -0.462 e. The molecule has 3 aromatic rings. The Hall–Kier alpha value is -3.30. The molecular weight excluding hydrogens is 538 g/mol.